The third-order valence-electron chi connectivity index (χ3n) is 3.68. The van der Waals surface area contributed by atoms with Crippen molar-refractivity contribution in [2.24, 2.45) is 0 Å². The summed E-state index contributed by atoms with van der Waals surface area (Å²) in [6, 6.07) is 11.1. The summed E-state index contributed by atoms with van der Waals surface area (Å²) in [5, 5.41) is 9.07. The minimum Gasteiger partial charge on any atom is -0.497 e. The van der Waals surface area contributed by atoms with Gasteiger partial charge in [0.2, 0.25) is 5.88 Å². The molecule has 0 aliphatic carbocycles. The van der Waals surface area contributed by atoms with E-state index < -0.39 is 6.16 Å². The van der Waals surface area contributed by atoms with Crippen molar-refractivity contribution >= 4 is 6.16 Å². The van der Waals surface area contributed by atoms with E-state index in [1.807, 2.05) is 37.4 Å². The fourth-order valence-corrected chi connectivity index (χ4v) is 2.63. The highest BCUT2D eigenvalue weighted by molar-refractivity contribution is 5.73. The maximum absolute atomic E-state index is 11.1. The average Bonchev–Trinajstić information content (AvgIpc) is 3.16. The van der Waals surface area contributed by atoms with Crippen LogP contribution in [0, 0.1) is 6.92 Å². The van der Waals surface area contributed by atoms with Crippen molar-refractivity contribution in [3.63, 3.8) is 0 Å². The summed E-state index contributed by atoms with van der Waals surface area (Å²) >= 11 is 0. The molecule has 0 spiro atoms. The first kappa shape index (κ1) is 15.7. The zero-order valence-corrected chi connectivity index (χ0v) is 13.4. The Morgan fingerprint density at radius 3 is 2.58 bits per heavy atom. The average molecular weight is 327 g/mol. The Hall–Kier alpha value is -3.15. The van der Waals surface area contributed by atoms with E-state index in [2.05, 4.69) is 0 Å². The molecule has 0 aliphatic heterocycles. The minimum absolute atomic E-state index is 0.241. The van der Waals surface area contributed by atoms with E-state index >= 15 is 0 Å². The number of aryl methyl sites for hydroxylation is 1. The molecule has 6 nitrogen and oxygen atoms in total. The highest BCUT2D eigenvalue weighted by Gasteiger charge is 2.21. The first-order valence-electron chi connectivity index (χ1n) is 7.36. The number of rotatable bonds is 5. The summed E-state index contributed by atoms with van der Waals surface area (Å²) < 4.78 is 17.3. The summed E-state index contributed by atoms with van der Waals surface area (Å²) in [6.45, 7) is 2.35. The van der Waals surface area contributed by atoms with Gasteiger partial charge in [-0.3, -0.25) is 0 Å². The number of ether oxygens (including phenoxy) is 2. The molecule has 0 amide bonds. The molecule has 2 heterocycles. The van der Waals surface area contributed by atoms with Gasteiger partial charge in [0.05, 0.1) is 25.5 Å². The fourth-order valence-electron chi connectivity index (χ4n) is 2.63. The Labute approximate surface area is 138 Å². The number of carboxylic acid groups (broad SMARTS) is 1. The van der Waals surface area contributed by atoms with Crippen LogP contribution in [0.1, 0.15) is 11.1 Å². The molecule has 124 valence electrons. The predicted molar refractivity (Wildman–Crippen MR) is 87.6 cm³/mol. The third kappa shape index (κ3) is 3.12. The van der Waals surface area contributed by atoms with E-state index in [4.69, 9.17) is 19.0 Å². The molecule has 1 N–H and O–H groups in total. The maximum Gasteiger partial charge on any atom is 0.512 e. The lowest BCUT2D eigenvalue weighted by Crippen LogP contribution is -2.09. The smallest absolute Gasteiger partial charge is 0.497 e. The van der Waals surface area contributed by atoms with Crippen LogP contribution in [0.3, 0.4) is 0 Å². The number of nitrogens with zero attached hydrogens (tertiary/aromatic N) is 1. The van der Waals surface area contributed by atoms with Gasteiger partial charge in [-0.2, -0.15) is 0 Å². The number of benzene rings is 1. The van der Waals surface area contributed by atoms with Crippen LogP contribution in [0.15, 0.2) is 53.3 Å². The molecule has 0 atom stereocenters. The second-order valence-electron chi connectivity index (χ2n) is 5.31. The van der Waals surface area contributed by atoms with E-state index in [0.717, 1.165) is 16.9 Å². The molecule has 2 aromatic heterocycles. The van der Waals surface area contributed by atoms with E-state index in [9.17, 15) is 4.79 Å². The molecule has 0 saturated heterocycles. The summed E-state index contributed by atoms with van der Waals surface area (Å²) in [6.07, 6.45) is 2.03. The second-order valence-corrected chi connectivity index (χ2v) is 5.31. The van der Waals surface area contributed by atoms with Crippen molar-refractivity contribution in [1.82, 2.24) is 4.57 Å². The van der Waals surface area contributed by atoms with Gasteiger partial charge >= 0.3 is 6.16 Å². The molecule has 0 fully saturated rings. The quantitative estimate of drug-likeness (QED) is 0.712. The van der Waals surface area contributed by atoms with Gasteiger partial charge in [-0.25, -0.2) is 4.79 Å². The van der Waals surface area contributed by atoms with Crippen LogP contribution in [0.5, 0.6) is 11.6 Å². The molecular formula is C18H17NO5. The van der Waals surface area contributed by atoms with Gasteiger partial charge in [0.15, 0.2) is 0 Å². The van der Waals surface area contributed by atoms with Crippen molar-refractivity contribution in [2.75, 3.05) is 7.11 Å². The molecule has 0 bridgehead atoms. The first-order chi connectivity index (χ1) is 11.6. The van der Waals surface area contributed by atoms with Gasteiger partial charge in [0.1, 0.15) is 11.5 Å². The number of furan rings is 1. The van der Waals surface area contributed by atoms with Crippen molar-refractivity contribution in [3.8, 4) is 23.0 Å². The van der Waals surface area contributed by atoms with Crippen LogP contribution in [-0.2, 0) is 6.54 Å². The summed E-state index contributed by atoms with van der Waals surface area (Å²) in [7, 11) is 1.61. The van der Waals surface area contributed by atoms with E-state index in [0.29, 0.717) is 17.9 Å². The maximum atomic E-state index is 11.1. The summed E-state index contributed by atoms with van der Waals surface area (Å²) in [5.74, 6) is 1.57. The number of hydrogen-bond donors (Lipinski definition) is 1. The van der Waals surface area contributed by atoms with Gasteiger partial charge in [0.25, 0.3) is 0 Å². The van der Waals surface area contributed by atoms with Crippen molar-refractivity contribution in [3.05, 3.63) is 60.0 Å². The van der Waals surface area contributed by atoms with Crippen LogP contribution in [0.2, 0.25) is 0 Å². The van der Waals surface area contributed by atoms with Gasteiger partial charge in [-0.05, 0) is 42.3 Å². The molecule has 6 heteroatoms. The van der Waals surface area contributed by atoms with Crippen LogP contribution >= 0.6 is 0 Å². The number of carbonyl (C=O) groups is 1. The topological polar surface area (TPSA) is 73.8 Å². The normalized spacial score (nSPS) is 10.6. The lowest BCUT2D eigenvalue weighted by atomic mass is 10.1. The number of methoxy groups -OCH3 is 1. The highest BCUT2D eigenvalue weighted by Crippen LogP contribution is 2.36. The van der Waals surface area contributed by atoms with Gasteiger partial charge in [-0.1, -0.05) is 12.1 Å². The molecule has 0 radical (unpaired) electrons. The van der Waals surface area contributed by atoms with E-state index in [1.165, 1.54) is 0 Å². The molecular weight excluding hydrogens is 310 g/mol. The summed E-state index contributed by atoms with van der Waals surface area (Å²) in [4.78, 5) is 11.1. The van der Waals surface area contributed by atoms with Crippen LogP contribution in [0.4, 0.5) is 4.79 Å². The summed E-state index contributed by atoms with van der Waals surface area (Å²) in [5.41, 5.74) is 2.50. The van der Waals surface area contributed by atoms with Crippen LogP contribution in [-0.4, -0.2) is 22.9 Å². The molecule has 0 unspecified atom stereocenters. The Balaban J connectivity index is 2.00. The Bertz CT molecular complexity index is 831. The first-order valence-corrected chi connectivity index (χ1v) is 7.36. The Kier molecular flexibility index (Phi) is 4.29. The Morgan fingerprint density at radius 1 is 1.25 bits per heavy atom. The van der Waals surface area contributed by atoms with Gasteiger partial charge in [0, 0.05) is 6.20 Å². The molecule has 0 aliphatic rings. The lowest BCUT2D eigenvalue weighted by molar-refractivity contribution is 0.141. The van der Waals surface area contributed by atoms with Gasteiger partial charge < -0.3 is 23.6 Å². The monoisotopic (exact) mass is 327 g/mol. The number of aromatic nitrogens is 1. The molecule has 24 heavy (non-hydrogen) atoms. The predicted octanol–water partition coefficient (Wildman–Crippen LogP) is 4.17. The number of hydrogen-bond acceptors (Lipinski definition) is 4. The fraction of sp³-hybridized carbons (Fsp3) is 0.167. The van der Waals surface area contributed by atoms with E-state index in [1.54, 1.807) is 30.1 Å². The molecule has 1 aromatic carbocycles. The zero-order valence-electron chi connectivity index (χ0n) is 13.4. The molecule has 3 rings (SSSR count). The molecule has 0 saturated carbocycles. The van der Waals surface area contributed by atoms with Crippen molar-refractivity contribution in [1.29, 1.82) is 0 Å². The second kappa shape index (κ2) is 6.54. The standard InChI is InChI=1S/C18H17NO5/c1-12-10-19(11-13-5-7-14(22-2)8-6-13)17(24-18(20)21)16(12)15-4-3-9-23-15/h3-10H,11H2,1-2H3,(H,20,21). The van der Waals surface area contributed by atoms with Crippen LogP contribution in [0.25, 0.3) is 11.3 Å². The third-order valence-corrected chi connectivity index (χ3v) is 3.68. The van der Waals surface area contributed by atoms with Crippen molar-refractivity contribution < 1.29 is 23.8 Å². The molecule has 3 aromatic rings. The Morgan fingerprint density at radius 2 is 2.00 bits per heavy atom. The lowest BCUT2D eigenvalue weighted by Gasteiger charge is -2.10. The van der Waals surface area contributed by atoms with Crippen molar-refractivity contribution in [2.45, 2.75) is 13.5 Å². The van der Waals surface area contributed by atoms with E-state index in [-0.39, 0.29) is 5.88 Å². The minimum atomic E-state index is -1.36. The highest BCUT2D eigenvalue weighted by atomic mass is 16.7. The SMILES string of the molecule is COc1ccc(Cn2cc(C)c(-c3ccco3)c2OC(=O)O)cc1. The zero-order chi connectivity index (χ0) is 17.1. The van der Waals surface area contributed by atoms with Gasteiger partial charge in [-0.15, -0.1) is 0 Å². The largest absolute Gasteiger partial charge is 0.512 e. The van der Waals surface area contributed by atoms with Crippen LogP contribution < -0.4 is 9.47 Å².